The van der Waals surface area contributed by atoms with Crippen molar-refractivity contribution in [2.45, 2.75) is 12.6 Å². The van der Waals surface area contributed by atoms with E-state index in [1.807, 2.05) is 11.9 Å². The molecule has 0 spiro atoms. The van der Waals surface area contributed by atoms with Crippen molar-refractivity contribution in [2.75, 3.05) is 27.2 Å². The van der Waals surface area contributed by atoms with Gasteiger partial charge in [-0.25, -0.2) is 4.79 Å². The summed E-state index contributed by atoms with van der Waals surface area (Å²) in [6.45, 7) is 1.10. The molecule has 0 bridgehead atoms. The molecule has 3 nitrogen and oxygen atoms in total. The Labute approximate surface area is 121 Å². The van der Waals surface area contributed by atoms with E-state index in [0.29, 0.717) is 36.2 Å². The molecule has 0 unspecified atom stereocenters. The number of ether oxygens (including phenoxy) is 1. The molecule has 1 heterocycles. The van der Waals surface area contributed by atoms with Gasteiger partial charge in [0.05, 0.1) is 12.7 Å². The number of likely N-dealkylation sites (N-methyl/N-ethyl adjacent to an activating group) is 1. The lowest BCUT2D eigenvalue weighted by molar-refractivity contribution is -0.137. The first kappa shape index (κ1) is 15.6. The lowest BCUT2D eigenvalue weighted by Gasteiger charge is -2.27. The van der Waals surface area contributed by atoms with Crippen LogP contribution in [-0.4, -0.2) is 38.1 Å². The maximum atomic E-state index is 12.8. The Morgan fingerprint density at radius 1 is 1.33 bits per heavy atom. The number of rotatable bonds is 2. The van der Waals surface area contributed by atoms with Gasteiger partial charge in [-0.1, -0.05) is 12.1 Å². The van der Waals surface area contributed by atoms with Gasteiger partial charge in [0.1, 0.15) is 0 Å². The molecule has 0 atom stereocenters. The van der Waals surface area contributed by atoms with Gasteiger partial charge in [-0.2, -0.15) is 13.2 Å². The molecule has 114 valence electrons. The van der Waals surface area contributed by atoms with Crippen LogP contribution in [0, 0.1) is 0 Å². The maximum Gasteiger partial charge on any atom is 0.416 e. The van der Waals surface area contributed by atoms with E-state index < -0.39 is 17.7 Å². The highest BCUT2D eigenvalue weighted by atomic mass is 19.4. The van der Waals surface area contributed by atoms with Gasteiger partial charge in [0.15, 0.2) is 0 Å². The first-order valence-electron chi connectivity index (χ1n) is 6.49. The third kappa shape index (κ3) is 3.44. The fourth-order valence-electron chi connectivity index (χ4n) is 2.40. The number of hydrogen-bond donors (Lipinski definition) is 0. The number of hydrogen-bond acceptors (Lipinski definition) is 3. The van der Waals surface area contributed by atoms with Crippen molar-refractivity contribution in [3.8, 4) is 0 Å². The third-order valence-corrected chi connectivity index (χ3v) is 3.51. The van der Waals surface area contributed by atoms with Crippen molar-refractivity contribution in [1.29, 1.82) is 0 Å². The highest BCUT2D eigenvalue weighted by Gasteiger charge is 2.31. The minimum Gasteiger partial charge on any atom is -0.466 e. The number of alkyl halides is 3. The minimum atomic E-state index is -4.40. The van der Waals surface area contributed by atoms with E-state index in [1.165, 1.54) is 13.2 Å². The van der Waals surface area contributed by atoms with Crippen molar-refractivity contribution in [2.24, 2.45) is 0 Å². The fraction of sp³-hybridized carbons (Fsp3) is 0.400. The van der Waals surface area contributed by atoms with E-state index in [1.54, 1.807) is 6.07 Å². The number of halogens is 3. The van der Waals surface area contributed by atoms with Crippen molar-refractivity contribution >= 4 is 11.5 Å². The van der Waals surface area contributed by atoms with E-state index in [2.05, 4.69) is 0 Å². The molecule has 6 heteroatoms. The second kappa shape index (κ2) is 5.89. The summed E-state index contributed by atoms with van der Waals surface area (Å²) < 4.78 is 43.2. The summed E-state index contributed by atoms with van der Waals surface area (Å²) in [5.74, 6) is -0.476. The molecular formula is C15H16F3NO2. The summed E-state index contributed by atoms with van der Waals surface area (Å²) in [7, 11) is 3.14. The van der Waals surface area contributed by atoms with Crippen LogP contribution in [0.2, 0.25) is 0 Å². The molecule has 1 aromatic carbocycles. The summed E-state index contributed by atoms with van der Waals surface area (Å²) in [4.78, 5) is 13.8. The molecule has 2 rings (SSSR count). The van der Waals surface area contributed by atoms with Crippen LogP contribution in [0.4, 0.5) is 13.2 Å². The second-order valence-electron chi connectivity index (χ2n) is 5.02. The summed E-state index contributed by atoms with van der Waals surface area (Å²) in [6, 6.07) is 5.05. The van der Waals surface area contributed by atoms with E-state index in [4.69, 9.17) is 4.74 Å². The Morgan fingerprint density at radius 3 is 2.67 bits per heavy atom. The van der Waals surface area contributed by atoms with E-state index in [-0.39, 0.29) is 0 Å². The van der Waals surface area contributed by atoms with Crippen LogP contribution in [-0.2, 0) is 15.7 Å². The topological polar surface area (TPSA) is 29.5 Å². The van der Waals surface area contributed by atoms with Gasteiger partial charge in [-0.15, -0.1) is 0 Å². The minimum absolute atomic E-state index is 0.414. The zero-order chi connectivity index (χ0) is 15.6. The van der Waals surface area contributed by atoms with E-state index in [0.717, 1.165) is 12.1 Å². The molecule has 0 amide bonds. The van der Waals surface area contributed by atoms with Gasteiger partial charge in [0.2, 0.25) is 0 Å². The van der Waals surface area contributed by atoms with Gasteiger partial charge < -0.3 is 9.64 Å². The standard InChI is InChI=1S/C15H16F3NO2/c1-19-7-6-12(14(20)21-2)13(9-19)10-4-3-5-11(8-10)15(16,17)18/h3-5,8H,6-7,9H2,1-2H3. The Balaban J connectivity index is 2.50. The average molecular weight is 299 g/mol. The largest absolute Gasteiger partial charge is 0.466 e. The van der Waals surface area contributed by atoms with E-state index >= 15 is 0 Å². The van der Waals surface area contributed by atoms with Crippen molar-refractivity contribution in [3.63, 3.8) is 0 Å². The smallest absolute Gasteiger partial charge is 0.416 e. The van der Waals surface area contributed by atoms with Gasteiger partial charge in [0, 0.05) is 18.7 Å². The number of methoxy groups -OCH3 is 1. The molecule has 21 heavy (non-hydrogen) atoms. The maximum absolute atomic E-state index is 12.8. The Morgan fingerprint density at radius 2 is 2.05 bits per heavy atom. The Kier molecular flexibility index (Phi) is 4.37. The quantitative estimate of drug-likeness (QED) is 0.786. The summed E-state index contributed by atoms with van der Waals surface area (Å²) in [6.07, 6.45) is -3.93. The van der Waals surface area contributed by atoms with Crippen molar-refractivity contribution < 1.29 is 22.7 Å². The molecule has 0 radical (unpaired) electrons. The van der Waals surface area contributed by atoms with Gasteiger partial charge in [0.25, 0.3) is 0 Å². The van der Waals surface area contributed by atoms with Gasteiger partial charge >= 0.3 is 12.1 Å². The second-order valence-corrected chi connectivity index (χ2v) is 5.02. The number of benzene rings is 1. The molecule has 0 saturated heterocycles. The highest BCUT2D eigenvalue weighted by molar-refractivity contribution is 5.98. The fourth-order valence-corrected chi connectivity index (χ4v) is 2.40. The first-order chi connectivity index (χ1) is 9.82. The zero-order valence-electron chi connectivity index (χ0n) is 11.8. The average Bonchev–Trinajstić information content (AvgIpc) is 2.45. The van der Waals surface area contributed by atoms with Gasteiger partial charge in [-0.05, 0) is 36.7 Å². The SMILES string of the molecule is COC(=O)C1=C(c2cccc(C(F)(F)F)c2)CN(C)CC1. The van der Waals surface area contributed by atoms with Crippen molar-refractivity contribution in [1.82, 2.24) is 4.90 Å². The Bertz CT molecular complexity index is 579. The predicted octanol–water partition coefficient (Wildman–Crippen LogP) is 2.97. The number of carbonyl (C=O) groups is 1. The molecular weight excluding hydrogens is 283 g/mol. The van der Waals surface area contributed by atoms with Crippen LogP contribution in [0.1, 0.15) is 17.5 Å². The Hall–Kier alpha value is -1.82. The van der Waals surface area contributed by atoms with Crippen LogP contribution in [0.5, 0.6) is 0 Å². The summed E-state index contributed by atoms with van der Waals surface area (Å²) >= 11 is 0. The molecule has 1 aliphatic rings. The summed E-state index contributed by atoms with van der Waals surface area (Å²) in [5.41, 5.74) is 0.748. The van der Waals surface area contributed by atoms with Crippen LogP contribution >= 0.6 is 0 Å². The number of carbonyl (C=O) groups excluding carboxylic acids is 1. The van der Waals surface area contributed by atoms with Crippen LogP contribution < -0.4 is 0 Å². The molecule has 1 aromatic rings. The molecule has 0 aliphatic carbocycles. The van der Waals surface area contributed by atoms with Crippen LogP contribution in [0.15, 0.2) is 29.8 Å². The van der Waals surface area contributed by atoms with Crippen molar-refractivity contribution in [3.05, 3.63) is 41.0 Å². The van der Waals surface area contributed by atoms with Gasteiger partial charge in [-0.3, -0.25) is 0 Å². The monoisotopic (exact) mass is 299 g/mol. The zero-order valence-corrected chi connectivity index (χ0v) is 11.8. The molecule has 0 aromatic heterocycles. The van der Waals surface area contributed by atoms with Crippen LogP contribution in [0.25, 0.3) is 5.57 Å². The number of esters is 1. The molecule has 1 aliphatic heterocycles. The normalized spacial score (nSPS) is 17.0. The molecule has 0 fully saturated rings. The molecule has 0 N–H and O–H groups in total. The number of nitrogens with zero attached hydrogens (tertiary/aromatic N) is 1. The molecule has 0 saturated carbocycles. The first-order valence-corrected chi connectivity index (χ1v) is 6.49. The summed E-state index contributed by atoms with van der Waals surface area (Å²) in [5, 5.41) is 0. The lowest BCUT2D eigenvalue weighted by Crippen LogP contribution is -2.30. The van der Waals surface area contributed by atoms with E-state index in [9.17, 15) is 18.0 Å². The highest BCUT2D eigenvalue weighted by Crippen LogP contribution is 2.33. The van der Waals surface area contributed by atoms with Crippen LogP contribution in [0.3, 0.4) is 0 Å². The third-order valence-electron chi connectivity index (χ3n) is 3.51. The lowest BCUT2D eigenvalue weighted by atomic mass is 9.93. The predicted molar refractivity (Wildman–Crippen MR) is 72.5 cm³/mol.